The molecule has 2 heterocycles. The third kappa shape index (κ3) is 3.07. The van der Waals surface area contributed by atoms with Crippen molar-refractivity contribution in [1.29, 1.82) is 0 Å². The second-order valence-corrected chi connectivity index (χ2v) is 7.21. The van der Waals surface area contributed by atoms with Gasteiger partial charge in [0.25, 0.3) is 0 Å². The second-order valence-electron chi connectivity index (χ2n) is 5.38. The molecular weight excluding hydrogens is 320 g/mol. The molecule has 0 radical (unpaired) electrons. The zero-order valence-electron chi connectivity index (χ0n) is 11.1. The Morgan fingerprint density at radius 1 is 1.32 bits per heavy atom. The summed E-state index contributed by atoms with van der Waals surface area (Å²) >= 11 is 5.41. The largest absolute Gasteiger partial charge is 0.337 e. The number of piperidine rings is 1. The smallest absolute Gasteiger partial charge is 0.239 e. The topological polar surface area (TPSA) is 18.6 Å². The summed E-state index contributed by atoms with van der Waals surface area (Å²) in [6.07, 6.45) is 2.61. The maximum absolute atomic E-state index is 3.63. The molecule has 1 aromatic carbocycles. The summed E-state index contributed by atoms with van der Waals surface area (Å²) in [7, 11) is 2.29. The molecule has 0 bridgehead atoms. The molecule has 0 aliphatic carbocycles. The number of benzene rings is 1. The number of hydrogen-bond donors (Lipinski definition) is 1. The predicted molar refractivity (Wildman–Crippen MR) is 82.6 cm³/mol. The average molecular weight is 339 g/mol. The minimum absolute atomic E-state index is 0.731. The first-order valence-electron chi connectivity index (χ1n) is 6.80. The van der Waals surface area contributed by atoms with Crippen LogP contribution in [0.15, 0.2) is 34.1 Å². The van der Waals surface area contributed by atoms with E-state index in [1.807, 2.05) is 11.3 Å². The van der Waals surface area contributed by atoms with Crippen molar-refractivity contribution in [2.75, 3.05) is 20.1 Å². The molecule has 1 saturated heterocycles. The molecular formula is C15H19BrN2S+2. The van der Waals surface area contributed by atoms with Crippen molar-refractivity contribution in [2.24, 2.45) is 0 Å². The van der Waals surface area contributed by atoms with E-state index >= 15 is 0 Å². The van der Waals surface area contributed by atoms with E-state index in [4.69, 9.17) is 0 Å². The lowest BCUT2D eigenvalue weighted by Gasteiger charge is -2.23. The number of aromatic nitrogens is 1. The monoisotopic (exact) mass is 338 g/mol. The Labute approximate surface area is 126 Å². The van der Waals surface area contributed by atoms with Crippen LogP contribution in [0.1, 0.15) is 23.8 Å². The molecule has 1 aliphatic rings. The zero-order chi connectivity index (χ0) is 13.2. The Balaban J connectivity index is 1.80. The number of halogens is 1. The maximum atomic E-state index is 3.63. The SMILES string of the molecule is C[NH+]1CCC(c2[nH+]c(-c3cccc(Br)c3)cs2)CC1. The van der Waals surface area contributed by atoms with E-state index in [0.717, 1.165) is 10.4 Å². The molecule has 0 spiro atoms. The van der Waals surface area contributed by atoms with Crippen molar-refractivity contribution < 1.29 is 9.88 Å². The van der Waals surface area contributed by atoms with Gasteiger partial charge in [-0.25, -0.2) is 0 Å². The average Bonchev–Trinajstić information content (AvgIpc) is 2.89. The van der Waals surface area contributed by atoms with Gasteiger partial charge in [-0.3, -0.25) is 0 Å². The Morgan fingerprint density at radius 2 is 2.11 bits per heavy atom. The maximum Gasteiger partial charge on any atom is 0.239 e. The van der Waals surface area contributed by atoms with Gasteiger partial charge in [-0.15, -0.1) is 0 Å². The molecule has 0 saturated carbocycles. The van der Waals surface area contributed by atoms with Crippen LogP contribution in [-0.2, 0) is 0 Å². The molecule has 2 N–H and O–H groups in total. The summed E-state index contributed by atoms with van der Waals surface area (Å²) < 4.78 is 1.13. The van der Waals surface area contributed by atoms with Gasteiger partial charge in [-0.05, 0) is 18.2 Å². The van der Waals surface area contributed by atoms with Gasteiger partial charge in [0.05, 0.1) is 31.4 Å². The van der Waals surface area contributed by atoms with E-state index in [2.05, 4.69) is 57.6 Å². The van der Waals surface area contributed by atoms with Crippen molar-refractivity contribution in [1.82, 2.24) is 0 Å². The molecule has 100 valence electrons. The van der Waals surface area contributed by atoms with Gasteiger partial charge < -0.3 is 4.90 Å². The number of rotatable bonds is 2. The van der Waals surface area contributed by atoms with Crippen LogP contribution in [0.5, 0.6) is 0 Å². The third-order valence-corrected chi connectivity index (χ3v) is 5.44. The summed E-state index contributed by atoms with van der Waals surface area (Å²) in [5, 5.41) is 3.70. The third-order valence-electron chi connectivity index (χ3n) is 3.91. The normalized spacial score (nSPS) is 23.5. The Kier molecular flexibility index (Phi) is 4.01. The van der Waals surface area contributed by atoms with Crippen LogP contribution in [-0.4, -0.2) is 20.1 Å². The standard InChI is InChI=1S/C15H17BrN2S/c1-18-7-5-11(6-8-18)15-17-14(10-19-15)12-3-2-4-13(16)9-12/h2-4,9-11H,5-8H2,1H3/p+2. The lowest BCUT2D eigenvalue weighted by molar-refractivity contribution is -0.885. The second kappa shape index (κ2) is 5.73. The minimum Gasteiger partial charge on any atom is -0.337 e. The minimum atomic E-state index is 0.731. The summed E-state index contributed by atoms with van der Waals surface area (Å²) in [4.78, 5) is 5.30. The van der Waals surface area contributed by atoms with E-state index in [1.54, 1.807) is 4.90 Å². The van der Waals surface area contributed by atoms with E-state index < -0.39 is 0 Å². The molecule has 2 aromatic rings. The lowest BCUT2D eigenvalue weighted by atomic mass is 9.98. The fourth-order valence-corrected chi connectivity index (χ4v) is 4.12. The molecule has 2 nitrogen and oxygen atoms in total. The van der Waals surface area contributed by atoms with Crippen molar-refractivity contribution in [2.45, 2.75) is 18.8 Å². The summed E-state index contributed by atoms with van der Waals surface area (Å²) in [5.41, 5.74) is 2.50. The van der Waals surface area contributed by atoms with Gasteiger partial charge in [-0.2, -0.15) is 4.98 Å². The summed E-state index contributed by atoms with van der Waals surface area (Å²) in [6, 6.07) is 8.48. The van der Waals surface area contributed by atoms with Crippen molar-refractivity contribution in [3.8, 4) is 11.3 Å². The first-order valence-corrected chi connectivity index (χ1v) is 8.47. The Bertz CT molecular complexity index is 559. The number of H-pyrrole nitrogens is 1. The van der Waals surface area contributed by atoms with Gasteiger partial charge >= 0.3 is 0 Å². The number of thiazole rings is 1. The number of hydrogen-bond acceptors (Lipinski definition) is 1. The van der Waals surface area contributed by atoms with Gasteiger partial charge in [0, 0.05) is 22.9 Å². The van der Waals surface area contributed by atoms with E-state index in [1.165, 1.54) is 42.2 Å². The lowest BCUT2D eigenvalue weighted by Crippen LogP contribution is -3.10. The highest BCUT2D eigenvalue weighted by Gasteiger charge is 2.27. The van der Waals surface area contributed by atoms with Crippen LogP contribution in [0, 0.1) is 0 Å². The highest BCUT2D eigenvalue weighted by molar-refractivity contribution is 9.10. The number of aromatic amines is 1. The highest BCUT2D eigenvalue weighted by Crippen LogP contribution is 2.28. The summed E-state index contributed by atoms with van der Waals surface area (Å²) in [6.45, 7) is 2.59. The Hall–Kier alpha value is -0.710. The molecule has 1 aromatic heterocycles. The Morgan fingerprint density at radius 3 is 2.84 bits per heavy atom. The first kappa shape index (κ1) is 13.3. The van der Waals surface area contributed by atoms with Gasteiger partial charge in [0.2, 0.25) is 10.7 Å². The van der Waals surface area contributed by atoms with Gasteiger partial charge in [0.1, 0.15) is 0 Å². The van der Waals surface area contributed by atoms with Crippen molar-refractivity contribution in [3.63, 3.8) is 0 Å². The number of quaternary nitrogens is 1. The van der Waals surface area contributed by atoms with Crippen molar-refractivity contribution >= 4 is 27.3 Å². The van der Waals surface area contributed by atoms with Gasteiger partial charge in [0.15, 0.2) is 0 Å². The number of nitrogens with one attached hydrogen (secondary N) is 2. The molecule has 1 fully saturated rings. The van der Waals surface area contributed by atoms with Crippen LogP contribution in [0.25, 0.3) is 11.3 Å². The zero-order valence-corrected chi connectivity index (χ0v) is 13.5. The predicted octanol–water partition coefficient (Wildman–Crippen LogP) is 2.38. The first-order chi connectivity index (χ1) is 9.22. The van der Waals surface area contributed by atoms with Crippen LogP contribution in [0.4, 0.5) is 0 Å². The summed E-state index contributed by atoms with van der Waals surface area (Å²) in [5.74, 6) is 0.731. The van der Waals surface area contributed by atoms with Crippen LogP contribution >= 0.6 is 27.3 Å². The van der Waals surface area contributed by atoms with Crippen LogP contribution in [0.3, 0.4) is 0 Å². The molecule has 1 aliphatic heterocycles. The highest BCUT2D eigenvalue weighted by atomic mass is 79.9. The fraction of sp³-hybridized carbons (Fsp3) is 0.400. The molecule has 19 heavy (non-hydrogen) atoms. The molecule has 0 unspecified atom stereocenters. The van der Waals surface area contributed by atoms with Crippen molar-refractivity contribution in [3.05, 3.63) is 39.1 Å². The van der Waals surface area contributed by atoms with Crippen LogP contribution in [0.2, 0.25) is 0 Å². The number of likely N-dealkylation sites (tertiary alicyclic amines) is 1. The van der Waals surface area contributed by atoms with Gasteiger partial charge in [-0.1, -0.05) is 33.3 Å². The fourth-order valence-electron chi connectivity index (χ4n) is 2.68. The molecule has 3 rings (SSSR count). The molecule has 0 atom stereocenters. The van der Waals surface area contributed by atoms with E-state index in [-0.39, 0.29) is 0 Å². The molecule has 4 heteroatoms. The molecule has 0 amide bonds. The van der Waals surface area contributed by atoms with E-state index in [0.29, 0.717) is 0 Å². The van der Waals surface area contributed by atoms with Crippen LogP contribution < -0.4 is 9.88 Å². The van der Waals surface area contributed by atoms with E-state index in [9.17, 15) is 0 Å². The quantitative estimate of drug-likeness (QED) is 0.866.